The summed E-state index contributed by atoms with van der Waals surface area (Å²) in [5, 5.41) is 45.2. The number of phenols is 5. The highest BCUT2D eigenvalue weighted by molar-refractivity contribution is 6.29. The third-order valence-electron chi connectivity index (χ3n) is 4.04. The summed E-state index contributed by atoms with van der Waals surface area (Å²) in [6, 6.07) is 13.0. The SMILES string of the molecule is O=C1c2ccccc2C(=O)c2c1ccc(O)c2O.Oc1cccc(O)c1O. The lowest BCUT2D eigenvalue weighted by Gasteiger charge is -2.18. The molecule has 5 N–H and O–H groups in total. The summed E-state index contributed by atoms with van der Waals surface area (Å²) in [7, 11) is 0. The first kappa shape index (κ1) is 17.8. The predicted molar refractivity (Wildman–Crippen MR) is 94.5 cm³/mol. The van der Waals surface area contributed by atoms with E-state index in [1.807, 2.05) is 0 Å². The number of fused-ring (bicyclic) bond motifs is 2. The van der Waals surface area contributed by atoms with Crippen molar-refractivity contribution < 1.29 is 35.1 Å². The van der Waals surface area contributed by atoms with E-state index in [9.17, 15) is 19.8 Å². The molecule has 0 atom stereocenters. The van der Waals surface area contributed by atoms with Gasteiger partial charge >= 0.3 is 0 Å². The van der Waals surface area contributed by atoms with E-state index in [4.69, 9.17) is 15.3 Å². The van der Waals surface area contributed by atoms with Gasteiger partial charge in [0.15, 0.2) is 40.3 Å². The maximum atomic E-state index is 12.2. The fourth-order valence-corrected chi connectivity index (χ4v) is 2.68. The minimum Gasteiger partial charge on any atom is -0.504 e. The van der Waals surface area contributed by atoms with Gasteiger partial charge in [0.25, 0.3) is 0 Å². The van der Waals surface area contributed by atoms with Gasteiger partial charge in [-0.2, -0.15) is 0 Å². The van der Waals surface area contributed by atoms with E-state index in [0.717, 1.165) is 0 Å². The maximum Gasteiger partial charge on any atom is 0.200 e. The Bertz CT molecular complexity index is 1050. The van der Waals surface area contributed by atoms with Gasteiger partial charge in [-0.1, -0.05) is 30.3 Å². The van der Waals surface area contributed by atoms with Crippen molar-refractivity contribution in [2.75, 3.05) is 0 Å². The molecule has 0 spiro atoms. The van der Waals surface area contributed by atoms with Gasteiger partial charge < -0.3 is 25.5 Å². The van der Waals surface area contributed by atoms with Crippen molar-refractivity contribution in [1.29, 1.82) is 0 Å². The number of benzene rings is 3. The quantitative estimate of drug-likeness (QED) is 0.302. The van der Waals surface area contributed by atoms with E-state index in [0.29, 0.717) is 5.56 Å². The second-order valence-electron chi connectivity index (χ2n) is 5.70. The molecule has 0 fully saturated rings. The molecule has 0 aromatic heterocycles. The molecule has 3 aromatic carbocycles. The minimum absolute atomic E-state index is 0.119. The largest absolute Gasteiger partial charge is 0.504 e. The van der Waals surface area contributed by atoms with Gasteiger partial charge in [0, 0.05) is 16.7 Å². The number of aromatic hydroxyl groups is 5. The van der Waals surface area contributed by atoms with Crippen LogP contribution in [-0.2, 0) is 0 Å². The zero-order chi connectivity index (χ0) is 19.7. The number of phenolic OH excluding ortho intramolecular Hbond substituents is 5. The predicted octanol–water partition coefficient (Wildman–Crippen LogP) is 2.68. The lowest BCUT2D eigenvalue weighted by atomic mass is 9.83. The Labute approximate surface area is 153 Å². The average molecular weight is 366 g/mol. The summed E-state index contributed by atoms with van der Waals surface area (Å²) in [6.45, 7) is 0. The smallest absolute Gasteiger partial charge is 0.200 e. The van der Waals surface area contributed by atoms with Crippen LogP contribution in [0.4, 0.5) is 0 Å². The Hall–Kier alpha value is -4.00. The molecule has 0 unspecified atom stereocenters. The van der Waals surface area contributed by atoms with Crippen molar-refractivity contribution >= 4 is 11.6 Å². The van der Waals surface area contributed by atoms with Crippen LogP contribution >= 0.6 is 0 Å². The van der Waals surface area contributed by atoms with Gasteiger partial charge in [0.05, 0.1) is 5.56 Å². The third kappa shape index (κ3) is 3.02. The highest BCUT2D eigenvalue weighted by Crippen LogP contribution is 2.37. The molecular formula is C20H14O7. The molecular weight excluding hydrogens is 352 g/mol. The standard InChI is InChI=1S/C14H8O4.C6H6O3/c15-10-6-5-9-11(14(10)18)13(17)8-4-2-1-3-7(8)12(9)16;7-4-2-1-3-5(8)6(4)9/h1-6,15,18H;1-3,7-9H. The van der Waals surface area contributed by atoms with Crippen molar-refractivity contribution in [3.05, 3.63) is 76.9 Å². The molecule has 1 aliphatic rings. The fourth-order valence-electron chi connectivity index (χ4n) is 2.68. The minimum atomic E-state index is -0.541. The molecule has 0 saturated heterocycles. The molecule has 0 radical (unpaired) electrons. The van der Waals surface area contributed by atoms with Gasteiger partial charge in [0.2, 0.25) is 0 Å². The molecule has 0 saturated carbocycles. The summed E-state index contributed by atoms with van der Waals surface area (Å²) in [5.41, 5.74) is 0.559. The van der Waals surface area contributed by atoms with Crippen LogP contribution in [0.2, 0.25) is 0 Å². The average Bonchev–Trinajstić information content (AvgIpc) is 2.67. The molecule has 7 heteroatoms. The van der Waals surface area contributed by atoms with Crippen molar-refractivity contribution in [2.24, 2.45) is 0 Å². The van der Waals surface area contributed by atoms with E-state index >= 15 is 0 Å². The molecule has 136 valence electrons. The molecule has 7 nitrogen and oxygen atoms in total. The monoisotopic (exact) mass is 366 g/mol. The van der Waals surface area contributed by atoms with E-state index in [1.54, 1.807) is 18.2 Å². The van der Waals surface area contributed by atoms with Crippen LogP contribution in [-0.4, -0.2) is 37.1 Å². The highest BCUT2D eigenvalue weighted by atomic mass is 16.3. The number of para-hydroxylation sites is 1. The van der Waals surface area contributed by atoms with E-state index in [1.165, 1.54) is 36.4 Å². The number of hydrogen-bond donors (Lipinski definition) is 5. The maximum absolute atomic E-state index is 12.2. The summed E-state index contributed by atoms with van der Waals surface area (Å²) in [5.74, 6) is -2.82. The topological polar surface area (TPSA) is 135 Å². The summed E-state index contributed by atoms with van der Waals surface area (Å²) in [4.78, 5) is 24.4. The van der Waals surface area contributed by atoms with Crippen LogP contribution in [0.15, 0.2) is 54.6 Å². The molecule has 0 amide bonds. The Morgan fingerprint density at radius 2 is 1.00 bits per heavy atom. The Kier molecular flexibility index (Phi) is 4.43. The van der Waals surface area contributed by atoms with Crippen molar-refractivity contribution in [1.82, 2.24) is 0 Å². The number of carbonyl (C=O) groups is 2. The second kappa shape index (κ2) is 6.72. The van der Waals surface area contributed by atoms with Crippen molar-refractivity contribution in [3.8, 4) is 28.7 Å². The van der Waals surface area contributed by atoms with Crippen LogP contribution < -0.4 is 0 Å². The van der Waals surface area contributed by atoms with E-state index in [-0.39, 0.29) is 34.0 Å². The summed E-state index contributed by atoms with van der Waals surface area (Å²) in [6.07, 6.45) is 0. The molecule has 0 heterocycles. The van der Waals surface area contributed by atoms with Crippen LogP contribution in [0.1, 0.15) is 31.8 Å². The van der Waals surface area contributed by atoms with Gasteiger partial charge in [-0.3, -0.25) is 9.59 Å². The first-order valence-electron chi connectivity index (χ1n) is 7.76. The number of ketones is 2. The number of rotatable bonds is 0. The zero-order valence-electron chi connectivity index (χ0n) is 13.7. The Morgan fingerprint density at radius 3 is 1.56 bits per heavy atom. The third-order valence-corrected chi connectivity index (χ3v) is 4.04. The normalized spacial score (nSPS) is 11.9. The molecule has 0 aliphatic heterocycles. The van der Waals surface area contributed by atoms with Gasteiger partial charge in [0.1, 0.15) is 0 Å². The van der Waals surface area contributed by atoms with Crippen molar-refractivity contribution in [2.45, 2.75) is 0 Å². The van der Waals surface area contributed by atoms with Crippen LogP contribution in [0.3, 0.4) is 0 Å². The summed E-state index contributed by atoms with van der Waals surface area (Å²) < 4.78 is 0. The van der Waals surface area contributed by atoms with Gasteiger partial charge in [-0.25, -0.2) is 0 Å². The highest BCUT2D eigenvalue weighted by Gasteiger charge is 2.32. The van der Waals surface area contributed by atoms with Crippen LogP contribution in [0.25, 0.3) is 0 Å². The first-order chi connectivity index (χ1) is 12.8. The first-order valence-corrected chi connectivity index (χ1v) is 7.76. The molecule has 0 bridgehead atoms. The number of carbonyl (C=O) groups excluding carboxylic acids is 2. The number of hydrogen-bond acceptors (Lipinski definition) is 7. The molecule has 3 aromatic rings. The van der Waals surface area contributed by atoms with Crippen LogP contribution in [0, 0.1) is 0 Å². The zero-order valence-corrected chi connectivity index (χ0v) is 13.7. The Morgan fingerprint density at radius 1 is 0.481 bits per heavy atom. The molecule has 4 rings (SSSR count). The summed E-state index contributed by atoms with van der Waals surface area (Å²) >= 11 is 0. The Balaban J connectivity index is 0.000000197. The lowest BCUT2D eigenvalue weighted by Crippen LogP contribution is -2.20. The molecule has 27 heavy (non-hydrogen) atoms. The van der Waals surface area contributed by atoms with Gasteiger partial charge in [-0.15, -0.1) is 0 Å². The second-order valence-corrected chi connectivity index (χ2v) is 5.70. The molecule has 1 aliphatic carbocycles. The van der Waals surface area contributed by atoms with Crippen LogP contribution in [0.5, 0.6) is 28.7 Å². The van der Waals surface area contributed by atoms with E-state index < -0.39 is 23.0 Å². The van der Waals surface area contributed by atoms with Crippen molar-refractivity contribution in [3.63, 3.8) is 0 Å². The van der Waals surface area contributed by atoms with E-state index in [2.05, 4.69) is 0 Å². The fraction of sp³-hybridized carbons (Fsp3) is 0. The lowest BCUT2D eigenvalue weighted by molar-refractivity contribution is 0.0976. The van der Waals surface area contributed by atoms with Gasteiger partial charge in [-0.05, 0) is 24.3 Å².